The third-order valence-corrected chi connectivity index (χ3v) is 6.89. The Morgan fingerprint density at radius 2 is 1.09 bits per heavy atom. The highest BCUT2D eigenvalue weighted by molar-refractivity contribution is 6.03. The maximum absolute atomic E-state index is 12.3. The summed E-state index contributed by atoms with van der Waals surface area (Å²) < 4.78 is 10.5. The molecule has 7 N–H and O–H groups in total. The minimum atomic E-state index is -0.241. The lowest BCUT2D eigenvalue weighted by Gasteiger charge is -2.18. The summed E-state index contributed by atoms with van der Waals surface area (Å²) in [5, 5.41) is 14.1. The molecule has 6 rings (SSSR count). The molecule has 0 atom stereocenters. The summed E-state index contributed by atoms with van der Waals surface area (Å²) in [7, 11) is 0. The Balaban J connectivity index is 0.000000186. The zero-order chi connectivity index (χ0) is 33.3. The van der Waals surface area contributed by atoms with Gasteiger partial charge in [-0.15, -0.1) is 0 Å². The van der Waals surface area contributed by atoms with Gasteiger partial charge < -0.3 is 41.8 Å². The molecule has 0 spiro atoms. The van der Waals surface area contributed by atoms with Gasteiger partial charge in [-0.2, -0.15) is 0 Å². The van der Waals surface area contributed by atoms with E-state index in [1.165, 1.54) is 6.92 Å². The molecule has 0 bridgehead atoms. The van der Waals surface area contributed by atoms with E-state index in [1.54, 1.807) is 72.8 Å². The molecule has 0 radical (unpaired) electrons. The average molecular weight is 637 g/mol. The molecular weight excluding hydrogens is 604 g/mol. The van der Waals surface area contributed by atoms with Crippen LogP contribution in [0.2, 0.25) is 0 Å². The molecule has 3 amide bonds. The second kappa shape index (κ2) is 14.6. The molecule has 0 fully saturated rings. The van der Waals surface area contributed by atoms with Gasteiger partial charge in [0, 0.05) is 40.8 Å². The van der Waals surface area contributed by atoms with Crippen molar-refractivity contribution in [2.75, 3.05) is 58.6 Å². The number of hydrogen-bond donors (Lipinski definition) is 6. The highest BCUT2D eigenvalue weighted by Crippen LogP contribution is 2.29. The van der Waals surface area contributed by atoms with Crippen molar-refractivity contribution in [3.05, 3.63) is 96.1 Å². The van der Waals surface area contributed by atoms with Crippen LogP contribution in [0, 0.1) is 0 Å². The number of anilines is 6. The van der Waals surface area contributed by atoms with E-state index in [0.29, 0.717) is 45.4 Å². The van der Waals surface area contributed by atoms with E-state index in [-0.39, 0.29) is 55.6 Å². The zero-order valence-electron chi connectivity index (χ0n) is 25.3. The molecule has 240 valence electrons. The first-order valence-electron chi connectivity index (χ1n) is 14.5. The Labute approximate surface area is 269 Å². The first-order valence-corrected chi connectivity index (χ1v) is 14.5. The Morgan fingerprint density at radius 3 is 1.53 bits per heavy atom. The lowest BCUT2D eigenvalue weighted by Crippen LogP contribution is -2.25. The number of fused-ring (bicyclic) bond motifs is 2. The van der Waals surface area contributed by atoms with Crippen LogP contribution in [0.15, 0.2) is 84.9 Å². The first kappa shape index (κ1) is 32.0. The van der Waals surface area contributed by atoms with Gasteiger partial charge in [-0.05, 0) is 84.9 Å². The Kier molecular flexibility index (Phi) is 9.96. The maximum Gasteiger partial charge on any atom is 0.262 e. The number of ketones is 2. The number of carbonyl (C=O) groups excluding carboxylic acids is 5. The summed E-state index contributed by atoms with van der Waals surface area (Å²) in [6.07, 6.45) is 0. The van der Waals surface area contributed by atoms with Gasteiger partial charge >= 0.3 is 0 Å². The Morgan fingerprint density at radius 1 is 0.660 bits per heavy atom. The van der Waals surface area contributed by atoms with Crippen molar-refractivity contribution < 1.29 is 33.4 Å². The summed E-state index contributed by atoms with van der Waals surface area (Å²) in [5.41, 5.74) is 10.6. The third kappa shape index (κ3) is 8.85. The van der Waals surface area contributed by atoms with E-state index in [0.717, 1.165) is 11.4 Å². The van der Waals surface area contributed by atoms with E-state index in [9.17, 15) is 24.0 Å². The number of hydrogen-bond acceptors (Lipinski definition) is 10. The van der Waals surface area contributed by atoms with Crippen molar-refractivity contribution in [2.45, 2.75) is 6.92 Å². The molecular formula is C34H32N6O7. The Bertz CT molecular complexity index is 1820. The summed E-state index contributed by atoms with van der Waals surface area (Å²) in [6, 6.07) is 24.1. The normalized spacial score (nSPS) is 12.6. The fourth-order valence-corrected chi connectivity index (χ4v) is 4.56. The van der Waals surface area contributed by atoms with E-state index in [1.807, 2.05) is 12.1 Å². The quantitative estimate of drug-likeness (QED) is 0.115. The molecule has 0 saturated heterocycles. The van der Waals surface area contributed by atoms with E-state index < -0.39 is 0 Å². The number of Topliss-reactive ketones (excluding diaryl/α,β-unsaturated/α-hetero) is 2. The smallest absolute Gasteiger partial charge is 0.262 e. The van der Waals surface area contributed by atoms with Gasteiger partial charge in [0.2, 0.25) is 5.91 Å². The van der Waals surface area contributed by atoms with Crippen LogP contribution in [-0.4, -0.2) is 55.6 Å². The molecule has 0 aliphatic carbocycles. The highest BCUT2D eigenvalue weighted by atomic mass is 16.5. The van der Waals surface area contributed by atoms with Crippen LogP contribution < -0.4 is 41.8 Å². The molecule has 2 aliphatic heterocycles. The summed E-state index contributed by atoms with van der Waals surface area (Å²) >= 11 is 0. The first-order chi connectivity index (χ1) is 22.6. The number of amides is 3. The highest BCUT2D eigenvalue weighted by Gasteiger charge is 2.19. The van der Waals surface area contributed by atoms with Crippen LogP contribution in [0.1, 0.15) is 27.6 Å². The van der Waals surface area contributed by atoms with E-state index in [4.69, 9.17) is 15.2 Å². The maximum atomic E-state index is 12.3. The predicted molar refractivity (Wildman–Crippen MR) is 178 cm³/mol. The molecule has 4 aromatic rings. The molecule has 4 aromatic carbocycles. The SMILES string of the molecule is CC(=O)Nc1ccc(NCC(=O)c2ccc3c(c2)NC(=O)CO3)cc1.Nc1ccc(NCC(=O)c2ccc3c(c2)NC(=O)CO3)cc1. The van der Waals surface area contributed by atoms with Crippen LogP contribution in [0.5, 0.6) is 11.5 Å². The number of nitrogen functional groups attached to an aromatic ring is 1. The van der Waals surface area contributed by atoms with Crippen molar-refractivity contribution in [3.63, 3.8) is 0 Å². The van der Waals surface area contributed by atoms with Gasteiger partial charge in [0.15, 0.2) is 24.8 Å². The fraction of sp³-hybridized carbons (Fsp3) is 0.147. The van der Waals surface area contributed by atoms with Gasteiger partial charge in [0.05, 0.1) is 24.5 Å². The molecule has 13 heteroatoms. The average Bonchev–Trinajstić information content (AvgIpc) is 3.06. The van der Waals surface area contributed by atoms with Crippen LogP contribution >= 0.6 is 0 Å². The fourth-order valence-electron chi connectivity index (χ4n) is 4.56. The van der Waals surface area contributed by atoms with E-state index >= 15 is 0 Å². The zero-order valence-corrected chi connectivity index (χ0v) is 25.3. The van der Waals surface area contributed by atoms with Gasteiger partial charge in [0.25, 0.3) is 11.8 Å². The largest absolute Gasteiger partial charge is 0.482 e. The standard InChI is InChI=1S/C18H17N3O4.C16H15N3O3/c1-11(22)20-14-5-3-13(4-6-14)19-9-16(23)12-2-7-17-15(8-12)21-18(24)10-25-17;17-11-2-4-12(5-3-11)18-8-14(20)10-1-6-15-13(7-10)19-16(21)9-22-15/h2-8,19H,9-10H2,1H3,(H,20,22)(H,21,24);1-7,18H,8-9,17H2,(H,19,21). The van der Waals surface area contributed by atoms with Gasteiger partial charge in [-0.25, -0.2) is 0 Å². The summed E-state index contributed by atoms with van der Waals surface area (Å²) in [6.45, 7) is 1.68. The van der Waals surface area contributed by atoms with Crippen LogP contribution in [0.25, 0.3) is 0 Å². The van der Waals surface area contributed by atoms with Gasteiger partial charge in [0.1, 0.15) is 11.5 Å². The second-order valence-corrected chi connectivity index (χ2v) is 10.5. The molecule has 2 heterocycles. The predicted octanol–water partition coefficient (Wildman–Crippen LogP) is 4.17. The minimum Gasteiger partial charge on any atom is -0.482 e. The van der Waals surface area contributed by atoms with Crippen molar-refractivity contribution in [3.8, 4) is 11.5 Å². The van der Waals surface area contributed by atoms with Gasteiger partial charge in [-0.1, -0.05) is 0 Å². The molecule has 0 unspecified atom stereocenters. The lowest BCUT2D eigenvalue weighted by molar-refractivity contribution is -0.119. The number of carbonyl (C=O) groups is 5. The summed E-state index contributed by atoms with van der Waals surface area (Å²) in [4.78, 5) is 58.2. The molecule has 0 aromatic heterocycles. The summed E-state index contributed by atoms with van der Waals surface area (Å²) in [5.74, 6) is 0.319. The third-order valence-electron chi connectivity index (χ3n) is 6.89. The monoisotopic (exact) mass is 636 g/mol. The second-order valence-electron chi connectivity index (χ2n) is 10.5. The lowest BCUT2D eigenvalue weighted by atomic mass is 10.1. The van der Waals surface area contributed by atoms with Crippen molar-refractivity contribution in [1.29, 1.82) is 0 Å². The van der Waals surface area contributed by atoms with Crippen LogP contribution in [0.3, 0.4) is 0 Å². The minimum absolute atomic E-state index is 0.00101. The number of nitrogens with one attached hydrogen (secondary N) is 5. The number of benzene rings is 4. The molecule has 2 aliphatic rings. The Hall–Kier alpha value is -6.37. The molecule has 0 saturated carbocycles. The van der Waals surface area contributed by atoms with Crippen molar-refractivity contribution in [1.82, 2.24) is 0 Å². The van der Waals surface area contributed by atoms with Crippen LogP contribution in [-0.2, 0) is 14.4 Å². The molecule has 13 nitrogen and oxygen atoms in total. The van der Waals surface area contributed by atoms with Crippen LogP contribution in [0.4, 0.5) is 34.1 Å². The molecule has 47 heavy (non-hydrogen) atoms. The number of rotatable bonds is 9. The van der Waals surface area contributed by atoms with Crippen molar-refractivity contribution in [2.24, 2.45) is 0 Å². The number of ether oxygens (including phenoxy) is 2. The van der Waals surface area contributed by atoms with Crippen molar-refractivity contribution >= 4 is 63.4 Å². The number of nitrogens with two attached hydrogens (primary N) is 1. The topological polar surface area (TPSA) is 190 Å². The van der Waals surface area contributed by atoms with Gasteiger partial charge in [-0.3, -0.25) is 24.0 Å². The van der Waals surface area contributed by atoms with E-state index in [2.05, 4.69) is 26.6 Å².